The van der Waals surface area contributed by atoms with Crippen molar-refractivity contribution < 1.29 is 19.4 Å². The lowest BCUT2D eigenvalue weighted by molar-refractivity contribution is -0.142. The summed E-state index contributed by atoms with van der Waals surface area (Å²) < 4.78 is 4.87. The van der Waals surface area contributed by atoms with E-state index in [0.29, 0.717) is 31.3 Å². The molecule has 0 spiro atoms. The molecule has 1 fully saturated rings. The SMILES string of the molecule is COCCC(NC(=O)CC(C)C1CCCCC1)C(=O)O. The number of hydrogen-bond acceptors (Lipinski definition) is 3. The van der Waals surface area contributed by atoms with Crippen LogP contribution in [0.15, 0.2) is 0 Å². The molecule has 5 heteroatoms. The van der Waals surface area contributed by atoms with E-state index in [0.717, 1.165) is 0 Å². The molecule has 0 bridgehead atoms. The van der Waals surface area contributed by atoms with Crippen molar-refractivity contribution in [3.8, 4) is 0 Å². The molecular formula is C15H27NO4. The zero-order chi connectivity index (χ0) is 15.0. The molecule has 0 heterocycles. The van der Waals surface area contributed by atoms with Gasteiger partial charge in [-0.25, -0.2) is 4.79 Å². The molecule has 116 valence electrons. The standard InChI is InChI=1S/C15H27NO4/c1-11(12-6-4-3-5-7-12)10-14(17)16-13(15(18)19)8-9-20-2/h11-13H,3-10H2,1-2H3,(H,16,17)(H,18,19). The highest BCUT2D eigenvalue weighted by atomic mass is 16.5. The normalized spacial score (nSPS) is 19.3. The molecule has 0 aromatic carbocycles. The number of aliphatic carboxylic acids is 1. The number of ether oxygens (including phenoxy) is 1. The number of hydrogen-bond donors (Lipinski definition) is 2. The average Bonchev–Trinajstić information content (AvgIpc) is 2.44. The molecule has 0 aromatic heterocycles. The summed E-state index contributed by atoms with van der Waals surface area (Å²) >= 11 is 0. The van der Waals surface area contributed by atoms with Crippen molar-refractivity contribution in [1.82, 2.24) is 5.32 Å². The zero-order valence-electron chi connectivity index (χ0n) is 12.6. The Kier molecular flexibility index (Phi) is 7.59. The number of carboxylic acids is 1. The number of rotatable bonds is 8. The first kappa shape index (κ1) is 17.0. The molecule has 1 amide bonds. The topological polar surface area (TPSA) is 75.6 Å². The first-order valence-corrected chi connectivity index (χ1v) is 7.55. The number of carbonyl (C=O) groups is 2. The molecule has 1 aliphatic rings. The number of carboxylic acid groups (broad SMARTS) is 1. The van der Waals surface area contributed by atoms with Crippen molar-refractivity contribution in [2.75, 3.05) is 13.7 Å². The fourth-order valence-electron chi connectivity index (χ4n) is 2.91. The lowest BCUT2D eigenvalue weighted by atomic mass is 9.79. The summed E-state index contributed by atoms with van der Waals surface area (Å²) in [6.07, 6.45) is 6.91. The van der Waals surface area contributed by atoms with Gasteiger partial charge in [0.1, 0.15) is 6.04 Å². The van der Waals surface area contributed by atoms with E-state index in [2.05, 4.69) is 12.2 Å². The van der Waals surface area contributed by atoms with Crippen LogP contribution in [-0.4, -0.2) is 36.7 Å². The van der Waals surface area contributed by atoms with Crippen LogP contribution in [0.1, 0.15) is 51.9 Å². The predicted molar refractivity (Wildman–Crippen MR) is 76.4 cm³/mol. The minimum Gasteiger partial charge on any atom is -0.480 e. The highest BCUT2D eigenvalue weighted by Crippen LogP contribution is 2.31. The van der Waals surface area contributed by atoms with E-state index in [1.165, 1.54) is 39.2 Å². The van der Waals surface area contributed by atoms with Gasteiger partial charge in [-0.15, -0.1) is 0 Å². The van der Waals surface area contributed by atoms with Crippen LogP contribution >= 0.6 is 0 Å². The third-order valence-electron chi connectivity index (χ3n) is 4.21. The second kappa shape index (κ2) is 8.95. The number of carbonyl (C=O) groups excluding carboxylic acids is 1. The van der Waals surface area contributed by atoms with Crippen LogP contribution in [0.25, 0.3) is 0 Å². The summed E-state index contributed by atoms with van der Waals surface area (Å²) in [7, 11) is 1.52. The fourth-order valence-corrected chi connectivity index (χ4v) is 2.91. The Hall–Kier alpha value is -1.10. The van der Waals surface area contributed by atoms with E-state index in [9.17, 15) is 9.59 Å². The molecule has 0 radical (unpaired) electrons. The lowest BCUT2D eigenvalue weighted by Crippen LogP contribution is -2.42. The fraction of sp³-hybridized carbons (Fsp3) is 0.867. The van der Waals surface area contributed by atoms with E-state index in [-0.39, 0.29) is 5.91 Å². The van der Waals surface area contributed by atoms with Gasteiger partial charge in [0.25, 0.3) is 0 Å². The van der Waals surface area contributed by atoms with Crippen LogP contribution in [0, 0.1) is 11.8 Å². The van der Waals surface area contributed by atoms with Gasteiger partial charge in [0.05, 0.1) is 0 Å². The third kappa shape index (κ3) is 5.90. The van der Waals surface area contributed by atoms with E-state index in [1.54, 1.807) is 0 Å². The van der Waals surface area contributed by atoms with E-state index < -0.39 is 12.0 Å². The first-order chi connectivity index (χ1) is 9.54. The Morgan fingerprint density at radius 2 is 1.95 bits per heavy atom. The Morgan fingerprint density at radius 1 is 1.30 bits per heavy atom. The van der Waals surface area contributed by atoms with Gasteiger partial charge in [0.2, 0.25) is 5.91 Å². The highest BCUT2D eigenvalue weighted by molar-refractivity contribution is 5.83. The second-order valence-corrected chi connectivity index (χ2v) is 5.82. The minimum atomic E-state index is -0.999. The van der Waals surface area contributed by atoms with Crippen LogP contribution in [0.4, 0.5) is 0 Å². The first-order valence-electron chi connectivity index (χ1n) is 7.55. The van der Waals surface area contributed by atoms with Gasteiger partial charge in [0, 0.05) is 26.6 Å². The summed E-state index contributed by atoms with van der Waals surface area (Å²) in [5, 5.41) is 11.7. The number of amides is 1. The minimum absolute atomic E-state index is 0.161. The summed E-state index contributed by atoms with van der Waals surface area (Å²) in [4.78, 5) is 23.0. The summed E-state index contributed by atoms with van der Waals surface area (Å²) in [6.45, 7) is 2.43. The number of methoxy groups -OCH3 is 1. The van der Waals surface area contributed by atoms with Gasteiger partial charge in [-0.2, -0.15) is 0 Å². The lowest BCUT2D eigenvalue weighted by Gasteiger charge is -2.27. The molecule has 0 aliphatic heterocycles. The van der Waals surface area contributed by atoms with Crippen LogP contribution in [0.5, 0.6) is 0 Å². The van der Waals surface area contributed by atoms with Gasteiger partial charge in [-0.1, -0.05) is 39.0 Å². The van der Waals surface area contributed by atoms with Crippen LogP contribution in [-0.2, 0) is 14.3 Å². The molecule has 0 aromatic rings. The maximum absolute atomic E-state index is 12.0. The van der Waals surface area contributed by atoms with E-state index in [1.807, 2.05) is 0 Å². The Balaban J connectivity index is 2.37. The molecule has 2 unspecified atom stereocenters. The molecule has 2 N–H and O–H groups in total. The van der Waals surface area contributed by atoms with Crippen LogP contribution < -0.4 is 5.32 Å². The summed E-state index contributed by atoms with van der Waals surface area (Å²) in [6, 6.07) is -0.846. The Bertz CT molecular complexity index is 313. The van der Waals surface area contributed by atoms with Gasteiger partial charge in [-0.3, -0.25) is 4.79 Å². The quantitative estimate of drug-likeness (QED) is 0.717. The van der Waals surface area contributed by atoms with Crippen molar-refractivity contribution in [1.29, 1.82) is 0 Å². The molecule has 0 saturated heterocycles. The van der Waals surface area contributed by atoms with Gasteiger partial charge >= 0.3 is 5.97 Å². The molecule has 1 rings (SSSR count). The van der Waals surface area contributed by atoms with Crippen molar-refractivity contribution in [2.45, 2.75) is 57.9 Å². The molecule has 1 aliphatic carbocycles. The summed E-state index contributed by atoms with van der Waals surface area (Å²) in [5.74, 6) is -0.226. The van der Waals surface area contributed by atoms with Crippen molar-refractivity contribution in [3.05, 3.63) is 0 Å². The molecule has 2 atom stereocenters. The molecule has 5 nitrogen and oxygen atoms in total. The predicted octanol–water partition coefficient (Wildman–Crippen LogP) is 2.20. The van der Waals surface area contributed by atoms with E-state index in [4.69, 9.17) is 9.84 Å². The van der Waals surface area contributed by atoms with Gasteiger partial charge in [0.15, 0.2) is 0 Å². The maximum atomic E-state index is 12.0. The molecular weight excluding hydrogens is 258 g/mol. The third-order valence-corrected chi connectivity index (χ3v) is 4.21. The smallest absolute Gasteiger partial charge is 0.326 e. The Labute approximate surface area is 121 Å². The van der Waals surface area contributed by atoms with E-state index >= 15 is 0 Å². The zero-order valence-corrected chi connectivity index (χ0v) is 12.6. The molecule has 20 heavy (non-hydrogen) atoms. The monoisotopic (exact) mass is 285 g/mol. The van der Waals surface area contributed by atoms with Crippen LogP contribution in [0.3, 0.4) is 0 Å². The van der Waals surface area contributed by atoms with Crippen LogP contribution in [0.2, 0.25) is 0 Å². The largest absolute Gasteiger partial charge is 0.480 e. The Morgan fingerprint density at radius 3 is 2.50 bits per heavy atom. The van der Waals surface area contributed by atoms with Gasteiger partial charge in [-0.05, 0) is 11.8 Å². The number of nitrogens with one attached hydrogen (secondary N) is 1. The average molecular weight is 285 g/mol. The van der Waals surface area contributed by atoms with Gasteiger partial charge < -0.3 is 15.2 Å². The van der Waals surface area contributed by atoms with Crippen molar-refractivity contribution in [3.63, 3.8) is 0 Å². The summed E-state index contributed by atoms with van der Waals surface area (Å²) in [5.41, 5.74) is 0. The highest BCUT2D eigenvalue weighted by Gasteiger charge is 2.24. The maximum Gasteiger partial charge on any atom is 0.326 e. The van der Waals surface area contributed by atoms with Crippen molar-refractivity contribution >= 4 is 11.9 Å². The van der Waals surface area contributed by atoms with Crippen molar-refractivity contribution in [2.24, 2.45) is 11.8 Å². The second-order valence-electron chi connectivity index (χ2n) is 5.82. The molecule has 1 saturated carbocycles.